The monoisotopic (exact) mass is 447 g/mol. The minimum Gasteiger partial charge on any atom is -0.362 e. The summed E-state index contributed by atoms with van der Waals surface area (Å²) in [5.74, 6) is 1.55. The molecule has 0 aliphatic carbocycles. The first kappa shape index (κ1) is 22.4. The maximum absolute atomic E-state index is 13.4. The Morgan fingerprint density at radius 2 is 2.00 bits per heavy atom. The molecule has 3 aromatic rings. The Bertz CT molecular complexity index is 1150. The van der Waals surface area contributed by atoms with Crippen LogP contribution >= 0.6 is 11.6 Å². The minimum atomic E-state index is -4.76. The second-order valence-corrected chi connectivity index (χ2v) is 6.96. The molecule has 0 spiro atoms. The second kappa shape index (κ2) is 9.25. The summed E-state index contributed by atoms with van der Waals surface area (Å²) in [6.45, 7) is -0.229. The average Bonchev–Trinajstić information content (AvgIpc) is 3.14. The molecule has 5 nitrogen and oxygen atoms in total. The molecule has 1 heterocycles. The van der Waals surface area contributed by atoms with E-state index in [1.165, 1.54) is 7.11 Å². The highest BCUT2D eigenvalue weighted by Crippen LogP contribution is 2.35. The second-order valence-electron chi connectivity index (χ2n) is 6.53. The van der Waals surface area contributed by atoms with Crippen LogP contribution in [0.3, 0.4) is 0 Å². The Morgan fingerprint density at radius 1 is 1.26 bits per heavy atom. The lowest BCUT2D eigenvalue weighted by Gasteiger charge is -2.14. The summed E-state index contributed by atoms with van der Waals surface area (Å²) in [6, 6.07) is 11.8. The molecule has 160 valence electrons. The molecule has 3 rings (SSSR count). The van der Waals surface area contributed by atoms with Gasteiger partial charge in [-0.15, -0.1) is 12.3 Å². The number of rotatable bonds is 6. The number of aromatic nitrogens is 2. The van der Waals surface area contributed by atoms with Crippen molar-refractivity contribution < 1.29 is 22.7 Å². The van der Waals surface area contributed by atoms with Gasteiger partial charge in [0, 0.05) is 36.0 Å². The highest BCUT2D eigenvalue weighted by molar-refractivity contribution is 6.30. The number of methoxy groups -OCH3 is 1. The van der Waals surface area contributed by atoms with Crippen LogP contribution in [0.25, 0.3) is 11.1 Å². The summed E-state index contributed by atoms with van der Waals surface area (Å²) in [5, 5.41) is 6.77. The van der Waals surface area contributed by atoms with Crippen molar-refractivity contribution in [2.45, 2.75) is 19.3 Å². The molecule has 0 aliphatic heterocycles. The molecule has 0 saturated heterocycles. The molecule has 0 bridgehead atoms. The lowest BCUT2D eigenvalue weighted by Crippen LogP contribution is -2.18. The van der Waals surface area contributed by atoms with Gasteiger partial charge in [0.1, 0.15) is 12.3 Å². The van der Waals surface area contributed by atoms with Crippen LogP contribution in [0.2, 0.25) is 5.02 Å². The van der Waals surface area contributed by atoms with Crippen molar-refractivity contribution >= 4 is 23.2 Å². The van der Waals surface area contributed by atoms with E-state index in [0.29, 0.717) is 21.8 Å². The zero-order chi connectivity index (χ0) is 22.6. The van der Waals surface area contributed by atoms with Crippen LogP contribution in [-0.4, -0.2) is 22.8 Å². The highest BCUT2D eigenvalue weighted by atomic mass is 35.5. The zero-order valence-corrected chi connectivity index (χ0v) is 17.1. The quantitative estimate of drug-likeness (QED) is 0.525. The smallest absolute Gasteiger partial charge is 0.362 e. The van der Waals surface area contributed by atoms with Gasteiger partial charge >= 0.3 is 6.18 Å². The van der Waals surface area contributed by atoms with Crippen molar-refractivity contribution in [3.8, 4) is 23.5 Å². The molecular weight excluding hydrogens is 431 g/mol. The van der Waals surface area contributed by atoms with E-state index < -0.39 is 23.3 Å². The van der Waals surface area contributed by atoms with E-state index in [9.17, 15) is 18.0 Å². The van der Waals surface area contributed by atoms with Gasteiger partial charge < -0.3 is 10.1 Å². The molecule has 9 heteroatoms. The molecule has 1 aromatic heterocycles. The summed E-state index contributed by atoms with van der Waals surface area (Å²) in [6.07, 6.45) is 1.71. The Hall–Kier alpha value is -3.28. The van der Waals surface area contributed by atoms with Crippen LogP contribution in [0.4, 0.5) is 18.9 Å². The van der Waals surface area contributed by atoms with Gasteiger partial charge in [-0.2, -0.15) is 18.3 Å². The van der Waals surface area contributed by atoms with E-state index in [4.69, 9.17) is 22.8 Å². The predicted octanol–water partition coefficient (Wildman–Crippen LogP) is 5.25. The lowest BCUT2D eigenvalue weighted by molar-refractivity contribution is -0.138. The summed E-state index contributed by atoms with van der Waals surface area (Å²) < 4.78 is 46.0. The Kier molecular flexibility index (Phi) is 6.68. The SMILES string of the molecule is C#CCc1cc(Cl)ccc1-c1ccccc1NC(=O)c1nn(COC)cc1C(F)(F)F. The van der Waals surface area contributed by atoms with Crippen molar-refractivity contribution in [1.29, 1.82) is 0 Å². The standard InChI is InChI=1S/C22H17ClF3N3O2/c1-3-6-14-11-15(23)9-10-16(14)17-7-4-5-8-19(17)27-21(30)20-18(22(24,25)26)12-29(28-20)13-31-2/h1,4-5,7-12H,6,13H2,2H3,(H,27,30). The van der Waals surface area contributed by atoms with Crippen molar-refractivity contribution in [2.24, 2.45) is 0 Å². The Balaban J connectivity index is 2.02. The molecule has 1 amide bonds. The minimum absolute atomic E-state index is 0.229. The normalized spacial score (nSPS) is 11.2. The first-order valence-corrected chi connectivity index (χ1v) is 9.38. The van der Waals surface area contributed by atoms with Crippen LogP contribution < -0.4 is 5.32 Å². The number of anilines is 1. The molecule has 0 unspecified atom stereocenters. The van der Waals surface area contributed by atoms with Gasteiger partial charge in [-0.1, -0.05) is 35.9 Å². The molecule has 0 atom stereocenters. The molecule has 0 saturated carbocycles. The van der Waals surface area contributed by atoms with E-state index >= 15 is 0 Å². The third-order valence-electron chi connectivity index (χ3n) is 4.37. The number of nitrogens with one attached hydrogen (secondary N) is 1. The van der Waals surface area contributed by atoms with E-state index in [1.807, 2.05) is 0 Å². The number of nitrogens with zero attached hydrogens (tertiary/aromatic N) is 2. The maximum atomic E-state index is 13.4. The molecule has 1 N–H and O–H groups in total. The van der Waals surface area contributed by atoms with E-state index in [0.717, 1.165) is 16.4 Å². The van der Waals surface area contributed by atoms with Crippen LogP contribution in [0.5, 0.6) is 0 Å². The van der Waals surface area contributed by atoms with Crippen molar-refractivity contribution in [3.63, 3.8) is 0 Å². The number of para-hydroxylation sites is 1. The largest absolute Gasteiger partial charge is 0.420 e. The Labute approximate surface area is 181 Å². The number of ether oxygens (including phenoxy) is 1. The number of alkyl halides is 3. The van der Waals surface area contributed by atoms with Gasteiger partial charge in [0.05, 0.1) is 0 Å². The van der Waals surface area contributed by atoms with Crippen molar-refractivity contribution in [1.82, 2.24) is 9.78 Å². The fourth-order valence-corrected chi connectivity index (χ4v) is 3.28. The third kappa shape index (κ3) is 5.08. The number of halogens is 4. The first-order valence-electron chi connectivity index (χ1n) is 9.00. The van der Waals surface area contributed by atoms with Gasteiger partial charge in [-0.05, 0) is 29.3 Å². The molecular formula is C22H17ClF3N3O2. The fraction of sp³-hybridized carbons (Fsp3) is 0.182. The third-order valence-corrected chi connectivity index (χ3v) is 4.60. The van der Waals surface area contributed by atoms with Crippen LogP contribution in [0, 0.1) is 12.3 Å². The van der Waals surface area contributed by atoms with Crippen LogP contribution in [-0.2, 0) is 24.1 Å². The average molecular weight is 448 g/mol. The number of benzene rings is 2. The van der Waals surface area contributed by atoms with Gasteiger partial charge in [0.15, 0.2) is 5.69 Å². The maximum Gasteiger partial charge on any atom is 0.420 e. The molecule has 31 heavy (non-hydrogen) atoms. The van der Waals surface area contributed by atoms with Crippen LogP contribution in [0.15, 0.2) is 48.7 Å². The van der Waals surface area contributed by atoms with E-state index in [1.54, 1.807) is 42.5 Å². The summed E-state index contributed by atoms with van der Waals surface area (Å²) in [4.78, 5) is 12.8. The number of carbonyl (C=O) groups excluding carboxylic acids is 1. The lowest BCUT2D eigenvalue weighted by atomic mass is 9.96. The summed E-state index contributed by atoms with van der Waals surface area (Å²) >= 11 is 6.07. The summed E-state index contributed by atoms with van der Waals surface area (Å²) in [5.41, 5.74) is 0.444. The number of terminal acetylenes is 1. The topological polar surface area (TPSA) is 56.2 Å². The number of hydrogen-bond acceptors (Lipinski definition) is 3. The van der Waals surface area contributed by atoms with Gasteiger partial charge in [0.2, 0.25) is 0 Å². The molecule has 0 fully saturated rings. The molecule has 0 radical (unpaired) electrons. The van der Waals surface area contributed by atoms with Crippen molar-refractivity contribution in [3.05, 3.63) is 70.5 Å². The van der Waals surface area contributed by atoms with E-state index in [2.05, 4.69) is 16.3 Å². The van der Waals surface area contributed by atoms with E-state index in [-0.39, 0.29) is 13.2 Å². The number of carbonyl (C=O) groups is 1. The zero-order valence-electron chi connectivity index (χ0n) is 16.3. The van der Waals surface area contributed by atoms with Crippen molar-refractivity contribution in [2.75, 3.05) is 12.4 Å². The van der Waals surface area contributed by atoms with Gasteiger partial charge in [-0.3, -0.25) is 4.79 Å². The highest BCUT2D eigenvalue weighted by Gasteiger charge is 2.38. The number of amides is 1. The summed E-state index contributed by atoms with van der Waals surface area (Å²) in [7, 11) is 1.31. The molecule has 2 aromatic carbocycles. The van der Waals surface area contributed by atoms with Gasteiger partial charge in [-0.25, -0.2) is 4.68 Å². The Morgan fingerprint density at radius 3 is 2.68 bits per heavy atom. The predicted molar refractivity (Wildman–Crippen MR) is 112 cm³/mol. The fourth-order valence-electron chi connectivity index (χ4n) is 3.08. The first-order chi connectivity index (χ1) is 14.7. The van der Waals surface area contributed by atoms with Crippen LogP contribution in [0.1, 0.15) is 21.6 Å². The number of hydrogen-bond donors (Lipinski definition) is 1. The molecule has 0 aliphatic rings. The van der Waals surface area contributed by atoms with Gasteiger partial charge in [0.25, 0.3) is 5.91 Å².